The van der Waals surface area contributed by atoms with Gasteiger partial charge in [-0.2, -0.15) is 0 Å². The third kappa shape index (κ3) is 3.54. The summed E-state index contributed by atoms with van der Waals surface area (Å²) >= 11 is 5.82. The Morgan fingerprint density at radius 1 is 1.17 bits per heavy atom. The first-order valence-electron chi connectivity index (χ1n) is 6.91. The molecule has 0 aliphatic heterocycles. The van der Waals surface area contributed by atoms with Crippen molar-refractivity contribution in [2.75, 3.05) is 11.1 Å². The van der Waals surface area contributed by atoms with Gasteiger partial charge in [0.2, 0.25) is 0 Å². The van der Waals surface area contributed by atoms with Crippen molar-refractivity contribution in [2.45, 2.75) is 50.8 Å². The summed E-state index contributed by atoms with van der Waals surface area (Å²) in [4.78, 5) is 1.47. The molecule has 1 aliphatic rings. The molecule has 1 saturated carbocycles. The van der Waals surface area contributed by atoms with Crippen molar-refractivity contribution in [3.63, 3.8) is 0 Å². The van der Waals surface area contributed by atoms with Crippen molar-refractivity contribution >= 4 is 27.7 Å². The molecular weight excluding hydrogens is 304 g/mol. The van der Waals surface area contributed by atoms with E-state index in [4.69, 9.17) is 0 Å². The highest BCUT2D eigenvalue weighted by molar-refractivity contribution is 9.09. The van der Waals surface area contributed by atoms with Gasteiger partial charge >= 0.3 is 0 Å². The van der Waals surface area contributed by atoms with Crippen molar-refractivity contribution in [1.82, 2.24) is 0 Å². The van der Waals surface area contributed by atoms with Gasteiger partial charge in [-0.3, -0.25) is 0 Å². The minimum atomic E-state index is 0.541. The summed E-state index contributed by atoms with van der Waals surface area (Å²) in [6, 6.07) is 6.80. The summed E-state index contributed by atoms with van der Waals surface area (Å²) in [5.74, 6) is 1.27. The first kappa shape index (κ1) is 14.5. The van der Waals surface area contributed by atoms with Crippen molar-refractivity contribution in [3.05, 3.63) is 29.3 Å². The van der Waals surface area contributed by atoms with E-state index in [1.807, 2.05) is 0 Å². The van der Waals surface area contributed by atoms with Gasteiger partial charge in [-0.15, -0.1) is 11.8 Å². The molecule has 0 nitrogen and oxygen atoms in total. The molecule has 0 amide bonds. The number of rotatable bonds is 4. The predicted molar refractivity (Wildman–Crippen MR) is 86.0 cm³/mol. The molecule has 0 spiro atoms. The average Bonchev–Trinajstić information content (AvgIpc) is 2.41. The second-order valence-corrected chi connectivity index (χ2v) is 7.33. The van der Waals surface area contributed by atoms with Crippen LogP contribution in [0.3, 0.4) is 0 Å². The van der Waals surface area contributed by atoms with Crippen LogP contribution < -0.4 is 0 Å². The van der Waals surface area contributed by atoms with E-state index < -0.39 is 0 Å². The molecule has 100 valence electrons. The lowest BCUT2D eigenvalue weighted by atomic mass is 9.77. The summed E-state index contributed by atoms with van der Waals surface area (Å²) in [5, 5.41) is 1.16. The third-order valence-electron chi connectivity index (χ3n) is 4.08. The zero-order chi connectivity index (χ0) is 13.0. The molecule has 18 heavy (non-hydrogen) atoms. The lowest BCUT2D eigenvalue weighted by Gasteiger charge is -2.35. The van der Waals surface area contributed by atoms with Gasteiger partial charge in [0.05, 0.1) is 0 Å². The Balaban J connectivity index is 2.03. The zero-order valence-corrected chi connectivity index (χ0v) is 13.9. The van der Waals surface area contributed by atoms with Gasteiger partial charge in [-0.05, 0) is 43.7 Å². The number of alkyl halides is 1. The van der Waals surface area contributed by atoms with Crippen LogP contribution in [0.25, 0.3) is 0 Å². The van der Waals surface area contributed by atoms with Crippen LogP contribution in [-0.2, 0) is 0 Å². The van der Waals surface area contributed by atoms with Gasteiger partial charge < -0.3 is 0 Å². The quantitative estimate of drug-likeness (QED) is 0.502. The summed E-state index contributed by atoms with van der Waals surface area (Å²) in [6.45, 7) is 4.41. The van der Waals surface area contributed by atoms with Gasteiger partial charge in [-0.1, -0.05) is 52.9 Å². The molecule has 0 aromatic heterocycles. The van der Waals surface area contributed by atoms with Crippen molar-refractivity contribution < 1.29 is 0 Å². The molecule has 2 rings (SSSR count). The second-order valence-electron chi connectivity index (χ2n) is 5.75. The van der Waals surface area contributed by atoms with Crippen LogP contribution in [0.2, 0.25) is 0 Å². The van der Waals surface area contributed by atoms with E-state index in [-0.39, 0.29) is 0 Å². The highest BCUT2D eigenvalue weighted by Crippen LogP contribution is 2.42. The molecule has 0 unspecified atom stereocenters. The van der Waals surface area contributed by atoms with E-state index in [0.29, 0.717) is 5.41 Å². The first-order valence-corrected chi connectivity index (χ1v) is 9.02. The van der Waals surface area contributed by atoms with Gasteiger partial charge in [0, 0.05) is 16.0 Å². The van der Waals surface area contributed by atoms with E-state index in [9.17, 15) is 0 Å². The molecule has 2 heteroatoms. The Morgan fingerprint density at radius 2 is 1.89 bits per heavy atom. The molecule has 1 aliphatic carbocycles. The summed E-state index contributed by atoms with van der Waals surface area (Å²) in [7, 11) is 0. The summed E-state index contributed by atoms with van der Waals surface area (Å²) in [5.41, 5.74) is 3.34. The molecule has 0 heterocycles. The number of thioether (sulfide) groups is 1. The zero-order valence-electron chi connectivity index (χ0n) is 11.5. The van der Waals surface area contributed by atoms with Crippen LogP contribution in [-0.4, -0.2) is 11.1 Å². The number of hydrogen-bond donors (Lipinski definition) is 0. The lowest BCUT2D eigenvalue weighted by molar-refractivity contribution is 0.260. The first-order chi connectivity index (χ1) is 8.65. The topological polar surface area (TPSA) is 0 Å². The highest BCUT2D eigenvalue weighted by Gasteiger charge is 2.31. The third-order valence-corrected chi connectivity index (χ3v) is 6.77. The molecular formula is C16H23BrS. The lowest BCUT2D eigenvalue weighted by Crippen LogP contribution is -2.28. The van der Waals surface area contributed by atoms with Gasteiger partial charge in [0.1, 0.15) is 0 Å². The van der Waals surface area contributed by atoms with Gasteiger partial charge in [0.25, 0.3) is 0 Å². The van der Waals surface area contributed by atoms with E-state index in [1.54, 1.807) is 0 Å². The van der Waals surface area contributed by atoms with Crippen LogP contribution in [0.5, 0.6) is 0 Å². The standard InChI is InChI=1S/C16H23BrS/c1-13-6-7-14(2)15(10-13)18-12-16(11-17)8-4-3-5-9-16/h6-7,10H,3-5,8-9,11-12H2,1-2H3. The fraction of sp³-hybridized carbons (Fsp3) is 0.625. The molecule has 1 fully saturated rings. The maximum absolute atomic E-state index is 3.76. The Bertz CT molecular complexity index is 394. The average molecular weight is 327 g/mol. The largest absolute Gasteiger partial charge is 0.125 e. The van der Waals surface area contributed by atoms with E-state index in [1.165, 1.54) is 53.9 Å². The summed E-state index contributed by atoms with van der Waals surface area (Å²) < 4.78 is 0. The maximum atomic E-state index is 3.76. The SMILES string of the molecule is Cc1ccc(C)c(SCC2(CBr)CCCCC2)c1. The van der Waals surface area contributed by atoms with Crippen molar-refractivity contribution in [1.29, 1.82) is 0 Å². The highest BCUT2D eigenvalue weighted by atomic mass is 79.9. The van der Waals surface area contributed by atoms with Crippen LogP contribution in [0, 0.1) is 19.3 Å². The number of benzene rings is 1. The van der Waals surface area contributed by atoms with Crippen molar-refractivity contribution in [3.8, 4) is 0 Å². The molecule has 0 atom stereocenters. The van der Waals surface area contributed by atoms with E-state index >= 15 is 0 Å². The fourth-order valence-electron chi connectivity index (χ4n) is 2.71. The predicted octanol–water partition coefficient (Wildman–Crippen LogP) is 5.74. The number of halogens is 1. The second kappa shape index (κ2) is 6.47. The van der Waals surface area contributed by atoms with E-state index in [0.717, 1.165) is 5.33 Å². The molecule has 0 N–H and O–H groups in total. The number of aryl methyl sites for hydroxylation is 2. The minimum Gasteiger partial charge on any atom is -0.125 e. The van der Waals surface area contributed by atoms with Crippen LogP contribution >= 0.6 is 27.7 Å². The van der Waals surface area contributed by atoms with Crippen molar-refractivity contribution in [2.24, 2.45) is 5.41 Å². The summed E-state index contributed by atoms with van der Waals surface area (Å²) in [6.07, 6.45) is 7.06. The Labute approximate surface area is 124 Å². The minimum absolute atomic E-state index is 0.541. The molecule has 1 aromatic rings. The number of hydrogen-bond acceptors (Lipinski definition) is 1. The molecule has 1 aromatic carbocycles. The molecule has 0 saturated heterocycles. The Morgan fingerprint density at radius 3 is 2.56 bits per heavy atom. The monoisotopic (exact) mass is 326 g/mol. The molecule has 0 radical (unpaired) electrons. The Hall–Kier alpha value is 0.0500. The smallest absolute Gasteiger partial charge is 0.0104 e. The van der Waals surface area contributed by atoms with Gasteiger partial charge in [-0.25, -0.2) is 0 Å². The fourth-order valence-corrected chi connectivity index (χ4v) is 5.15. The molecule has 0 bridgehead atoms. The Kier molecular flexibility index (Phi) is 5.20. The van der Waals surface area contributed by atoms with Crippen LogP contribution in [0.15, 0.2) is 23.1 Å². The maximum Gasteiger partial charge on any atom is 0.0104 e. The van der Waals surface area contributed by atoms with Crippen LogP contribution in [0.1, 0.15) is 43.2 Å². The van der Waals surface area contributed by atoms with Gasteiger partial charge in [0.15, 0.2) is 0 Å². The van der Waals surface area contributed by atoms with E-state index in [2.05, 4.69) is 59.7 Å². The van der Waals surface area contributed by atoms with Crippen LogP contribution in [0.4, 0.5) is 0 Å². The normalized spacial score (nSPS) is 18.8.